The molecule has 1 aliphatic carbocycles. The van der Waals surface area contributed by atoms with Gasteiger partial charge in [-0.05, 0) is 70.8 Å². The minimum Gasteiger partial charge on any atom is -0.436 e. The lowest BCUT2D eigenvalue weighted by atomic mass is 9.82. The number of anilines is 2. The molecule has 0 radical (unpaired) electrons. The first-order valence-corrected chi connectivity index (χ1v) is 10.6. The van der Waals surface area contributed by atoms with Gasteiger partial charge in [-0.1, -0.05) is 56.3 Å². The minimum atomic E-state index is 0.000433. The number of aromatic nitrogens is 1. The number of fused-ring (bicyclic) bond motifs is 4. The Morgan fingerprint density at radius 2 is 1.42 bits per heavy atom. The van der Waals surface area contributed by atoms with Crippen molar-refractivity contribution in [3.8, 4) is 22.6 Å². The number of hydrogen-bond acceptors (Lipinski definition) is 3. The first kappa shape index (κ1) is 18.0. The van der Waals surface area contributed by atoms with Crippen molar-refractivity contribution in [2.45, 2.75) is 19.3 Å². The highest BCUT2D eigenvalue weighted by molar-refractivity contribution is 5.83. The number of hydrogen-bond donors (Lipinski definition) is 1. The Bertz CT molecular complexity index is 1390. The summed E-state index contributed by atoms with van der Waals surface area (Å²) < 4.78 is 5.88. The van der Waals surface area contributed by atoms with Gasteiger partial charge in [-0.25, -0.2) is 4.98 Å². The summed E-state index contributed by atoms with van der Waals surface area (Å²) in [6.07, 6.45) is 0. The molecule has 5 aromatic rings. The number of rotatable bonds is 3. The predicted molar refractivity (Wildman–Crippen MR) is 127 cm³/mol. The standard InChI is InChI=1S/C28H22N2O/c1-28(2)23-8-4-3-7-21(23)22-16-15-20(17-24(22)28)29-19-13-11-18(12-14-19)27-30-25-9-5-6-10-26(25)31-27/h3-17,29H,1-2H3. The minimum absolute atomic E-state index is 0.000433. The molecule has 0 unspecified atom stereocenters. The summed E-state index contributed by atoms with van der Waals surface area (Å²) in [6, 6.07) is 31.4. The molecule has 1 heterocycles. The molecule has 0 aliphatic heterocycles. The molecule has 3 heteroatoms. The molecule has 0 fully saturated rings. The van der Waals surface area contributed by atoms with Gasteiger partial charge in [0.25, 0.3) is 0 Å². The van der Waals surface area contributed by atoms with Gasteiger partial charge in [0.2, 0.25) is 5.89 Å². The topological polar surface area (TPSA) is 38.1 Å². The Morgan fingerprint density at radius 1 is 0.710 bits per heavy atom. The Morgan fingerprint density at radius 3 is 2.26 bits per heavy atom. The Balaban J connectivity index is 1.29. The fourth-order valence-corrected chi connectivity index (χ4v) is 4.64. The van der Waals surface area contributed by atoms with Crippen LogP contribution in [0.5, 0.6) is 0 Å². The third kappa shape index (κ3) is 2.85. The van der Waals surface area contributed by atoms with E-state index in [1.807, 2.05) is 36.4 Å². The number of para-hydroxylation sites is 2. The average Bonchev–Trinajstić information content (AvgIpc) is 3.32. The molecular weight excluding hydrogens is 380 g/mol. The lowest BCUT2D eigenvalue weighted by molar-refractivity contribution is 0.620. The van der Waals surface area contributed by atoms with E-state index in [4.69, 9.17) is 4.42 Å². The molecule has 0 amide bonds. The second kappa shape index (κ2) is 6.58. The fourth-order valence-electron chi connectivity index (χ4n) is 4.64. The smallest absolute Gasteiger partial charge is 0.227 e. The largest absolute Gasteiger partial charge is 0.436 e. The molecule has 31 heavy (non-hydrogen) atoms. The molecule has 6 rings (SSSR count). The number of benzene rings is 4. The van der Waals surface area contributed by atoms with Crippen LogP contribution in [0, 0.1) is 0 Å². The molecule has 150 valence electrons. The van der Waals surface area contributed by atoms with Crippen LogP contribution in [0.25, 0.3) is 33.7 Å². The van der Waals surface area contributed by atoms with Crippen molar-refractivity contribution in [2.75, 3.05) is 5.32 Å². The fraction of sp³-hybridized carbons (Fsp3) is 0.107. The van der Waals surface area contributed by atoms with Crippen molar-refractivity contribution in [2.24, 2.45) is 0 Å². The molecule has 1 aliphatic rings. The second-order valence-corrected chi connectivity index (χ2v) is 8.62. The first-order valence-electron chi connectivity index (χ1n) is 10.6. The molecular formula is C28H22N2O. The Labute approximate surface area is 181 Å². The lowest BCUT2D eigenvalue weighted by Crippen LogP contribution is -2.15. The van der Waals surface area contributed by atoms with Gasteiger partial charge in [-0.2, -0.15) is 0 Å². The molecule has 0 bridgehead atoms. The number of oxazole rings is 1. The van der Waals surface area contributed by atoms with Crippen molar-refractivity contribution in [1.29, 1.82) is 0 Å². The molecule has 4 aromatic carbocycles. The van der Waals surface area contributed by atoms with E-state index in [0.717, 1.165) is 28.0 Å². The lowest BCUT2D eigenvalue weighted by Gasteiger charge is -2.22. The van der Waals surface area contributed by atoms with Crippen molar-refractivity contribution in [1.82, 2.24) is 4.98 Å². The van der Waals surface area contributed by atoms with Crippen molar-refractivity contribution < 1.29 is 4.42 Å². The van der Waals surface area contributed by atoms with Gasteiger partial charge >= 0.3 is 0 Å². The van der Waals surface area contributed by atoms with E-state index in [0.29, 0.717) is 5.89 Å². The maximum atomic E-state index is 5.88. The maximum Gasteiger partial charge on any atom is 0.227 e. The molecule has 0 saturated heterocycles. The van der Waals surface area contributed by atoms with Crippen LogP contribution < -0.4 is 5.32 Å². The Hall–Kier alpha value is -3.85. The second-order valence-electron chi connectivity index (χ2n) is 8.62. The zero-order valence-corrected chi connectivity index (χ0v) is 17.5. The van der Waals surface area contributed by atoms with Crippen molar-refractivity contribution >= 4 is 22.5 Å². The van der Waals surface area contributed by atoms with E-state index < -0.39 is 0 Å². The highest BCUT2D eigenvalue weighted by atomic mass is 16.3. The van der Waals surface area contributed by atoms with E-state index in [2.05, 4.69) is 78.7 Å². The normalized spacial score (nSPS) is 13.7. The van der Waals surface area contributed by atoms with E-state index in [1.54, 1.807) is 0 Å². The highest BCUT2D eigenvalue weighted by Crippen LogP contribution is 2.49. The van der Waals surface area contributed by atoms with Crippen LogP contribution >= 0.6 is 0 Å². The number of nitrogens with one attached hydrogen (secondary N) is 1. The van der Waals surface area contributed by atoms with E-state index >= 15 is 0 Å². The van der Waals surface area contributed by atoms with Crippen LogP contribution in [0.4, 0.5) is 11.4 Å². The van der Waals surface area contributed by atoms with Crippen LogP contribution in [0.3, 0.4) is 0 Å². The summed E-state index contributed by atoms with van der Waals surface area (Å²) >= 11 is 0. The highest BCUT2D eigenvalue weighted by Gasteiger charge is 2.35. The molecule has 1 aromatic heterocycles. The van der Waals surface area contributed by atoms with Gasteiger partial charge in [0, 0.05) is 22.4 Å². The maximum absolute atomic E-state index is 5.88. The van der Waals surface area contributed by atoms with Crippen LogP contribution in [0.2, 0.25) is 0 Å². The van der Waals surface area contributed by atoms with Gasteiger partial charge in [0.1, 0.15) is 5.52 Å². The SMILES string of the molecule is CC1(C)c2ccccc2-c2ccc(Nc3ccc(-c4nc5ccccc5o4)cc3)cc21. The third-order valence-corrected chi connectivity index (χ3v) is 6.30. The van der Waals surface area contributed by atoms with Gasteiger partial charge in [0.15, 0.2) is 5.58 Å². The summed E-state index contributed by atoms with van der Waals surface area (Å²) in [4.78, 5) is 4.58. The summed E-state index contributed by atoms with van der Waals surface area (Å²) in [5, 5.41) is 3.55. The van der Waals surface area contributed by atoms with Crippen LogP contribution in [-0.2, 0) is 5.41 Å². The molecule has 1 N–H and O–H groups in total. The molecule has 0 atom stereocenters. The number of nitrogens with zero attached hydrogens (tertiary/aromatic N) is 1. The molecule has 0 spiro atoms. The van der Waals surface area contributed by atoms with E-state index in [1.165, 1.54) is 22.3 Å². The predicted octanol–water partition coefficient (Wildman–Crippen LogP) is 7.54. The summed E-state index contributed by atoms with van der Waals surface area (Å²) in [5.74, 6) is 0.643. The summed E-state index contributed by atoms with van der Waals surface area (Å²) in [5.41, 5.74) is 10.2. The quantitative estimate of drug-likeness (QED) is 0.339. The van der Waals surface area contributed by atoms with Gasteiger partial charge in [-0.3, -0.25) is 0 Å². The molecule has 3 nitrogen and oxygen atoms in total. The van der Waals surface area contributed by atoms with Crippen molar-refractivity contribution in [3.05, 3.63) is 102 Å². The Kier molecular flexibility index (Phi) is 3.81. The summed E-state index contributed by atoms with van der Waals surface area (Å²) in [6.45, 7) is 4.60. The van der Waals surface area contributed by atoms with Gasteiger partial charge < -0.3 is 9.73 Å². The zero-order valence-electron chi connectivity index (χ0n) is 17.5. The van der Waals surface area contributed by atoms with Crippen LogP contribution in [-0.4, -0.2) is 4.98 Å². The van der Waals surface area contributed by atoms with Crippen molar-refractivity contribution in [3.63, 3.8) is 0 Å². The average molecular weight is 402 g/mol. The third-order valence-electron chi connectivity index (χ3n) is 6.30. The van der Waals surface area contributed by atoms with Crippen LogP contribution in [0.15, 0.2) is 95.4 Å². The van der Waals surface area contributed by atoms with Crippen LogP contribution in [0.1, 0.15) is 25.0 Å². The molecule has 0 saturated carbocycles. The van der Waals surface area contributed by atoms with E-state index in [9.17, 15) is 0 Å². The zero-order chi connectivity index (χ0) is 21.0. The van der Waals surface area contributed by atoms with Gasteiger partial charge in [0.05, 0.1) is 0 Å². The first-order chi connectivity index (χ1) is 15.1. The van der Waals surface area contributed by atoms with Gasteiger partial charge in [-0.15, -0.1) is 0 Å². The summed E-state index contributed by atoms with van der Waals surface area (Å²) in [7, 11) is 0. The monoisotopic (exact) mass is 402 g/mol. The van der Waals surface area contributed by atoms with E-state index in [-0.39, 0.29) is 5.41 Å².